The zero-order chi connectivity index (χ0) is 28.3. The highest BCUT2D eigenvalue weighted by Crippen LogP contribution is 2.55. The standard InChI is InChI=1S/C36H36O4/c1-5-35(4)29-23-15-16-24-30(29)36(6-2,28-22-14-13-17-25(28)3)32(40-34(38)27-20-11-8-12-21-27)31(35)39-33(37)26-18-9-7-10-19-26/h7-24,31-32H,5-6H2,1-4H3/t31?,32?,35-,36-/m1/s1. The van der Waals surface area contributed by atoms with E-state index in [-0.39, 0.29) is 0 Å². The Labute approximate surface area is 237 Å². The maximum Gasteiger partial charge on any atom is 0.338 e. The lowest BCUT2D eigenvalue weighted by Crippen LogP contribution is -2.62. The predicted molar refractivity (Wildman–Crippen MR) is 158 cm³/mol. The molecule has 0 radical (unpaired) electrons. The number of rotatable bonds is 7. The zero-order valence-electron chi connectivity index (χ0n) is 23.6. The second kappa shape index (κ2) is 11.1. The Morgan fingerprint density at radius 1 is 0.600 bits per heavy atom. The summed E-state index contributed by atoms with van der Waals surface area (Å²) < 4.78 is 13.1. The number of carbonyl (C=O) groups excluding carboxylic acids is 2. The first-order valence-electron chi connectivity index (χ1n) is 14.0. The normalized spacial score (nSPS) is 23.6. The molecule has 0 spiro atoms. The Morgan fingerprint density at radius 3 is 1.55 bits per heavy atom. The van der Waals surface area contributed by atoms with Crippen molar-refractivity contribution in [2.45, 2.75) is 63.6 Å². The first kappa shape index (κ1) is 27.4. The SMILES string of the molecule is CC[C@@]1(c2ccccc2C)c2ccccc2[C@@](C)(CC)C(OC(=O)c2ccccc2)C1OC(=O)c1ccccc1. The van der Waals surface area contributed by atoms with Crippen molar-refractivity contribution in [1.29, 1.82) is 0 Å². The highest BCUT2D eigenvalue weighted by Gasteiger charge is 2.60. The van der Waals surface area contributed by atoms with Gasteiger partial charge in [0.05, 0.1) is 16.5 Å². The summed E-state index contributed by atoms with van der Waals surface area (Å²) in [5.41, 5.74) is 3.94. The number of hydrogen-bond donors (Lipinski definition) is 0. The number of benzene rings is 4. The summed E-state index contributed by atoms with van der Waals surface area (Å²) in [5, 5.41) is 0. The molecule has 0 fully saturated rings. The van der Waals surface area contributed by atoms with Crippen LogP contribution in [-0.2, 0) is 20.3 Å². The van der Waals surface area contributed by atoms with E-state index in [0.29, 0.717) is 24.0 Å². The zero-order valence-corrected chi connectivity index (χ0v) is 23.6. The monoisotopic (exact) mass is 532 g/mol. The van der Waals surface area contributed by atoms with Crippen molar-refractivity contribution in [3.8, 4) is 0 Å². The lowest BCUT2D eigenvalue weighted by Gasteiger charge is -2.55. The number of ether oxygens (including phenoxy) is 2. The van der Waals surface area contributed by atoms with Crippen LogP contribution in [0.3, 0.4) is 0 Å². The van der Waals surface area contributed by atoms with Gasteiger partial charge in [0.15, 0.2) is 6.10 Å². The van der Waals surface area contributed by atoms with Crippen molar-refractivity contribution >= 4 is 11.9 Å². The molecule has 1 aliphatic carbocycles. The van der Waals surface area contributed by atoms with E-state index >= 15 is 0 Å². The Bertz CT molecular complexity index is 1500. The van der Waals surface area contributed by atoms with Crippen molar-refractivity contribution in [2.24, 2.45) is 0 Å². The smallest absolute Gasteiger partial charge is 0.338 e. The van der Waals surface area contributed by atoms with Crippen LogP contribution in [0.2, 0.25) is 0 Å². The van der Waals surface area contributed by atoms with E-state index in [1.54, 1.807) is 24.3 Å². The molecule has 0 N–H and O–H groups in total. The van der Waals surface area contributed by atoms with Crippen LogP contribution in [0.15, 0.2) is 109 Å². The molecule has 2 unspecified atom stereocenters. The van der Waals surface area contributed by atoms with Crippen LogP contribution in [0.4, 0.5) is 0 Å². The van der Waals surface area contributed by atoms with E-state index in [1.165, 1.54) is 0 Å². The van der Waals surface area contributed by atoms with Crippen molar-refractivity contribution in [1.82, 2.24) is 0 Å². The van der Waals surface area contributed by atoms with E-state index in [1.807, 2.05) is 60.7 Å². The molecule has 4 aromatic carbocycles. The minimum atomic E-state index is -0.779. The third kappa shape index (κ3) is 4.52. The number of aryl methyl sites for hydroxylation is 1. The second-order valence-electron chi connectivity index (χ2n) is 10.8. The van der Waals surface area contributed by atoms with Crippen LogP contribution in [0, 0.1) is 6.92 Å². The molecule has 0 amide bonds. The quantitative estimate of drug-likeness (QED) is 0.228. The van der Waals surface area contributed by atoms with Crippen LogP contribution >= 0.6 is 0 Å². The number of fused-ring (bicyclic) bond motifs is 1. The molecule has 0 aromatic heterocycles. The highest BCUT2D eigenvalue weighted by atomic mass is 16.6. The summed E-state index contributed by atoms with van der Waals surface area (Å²) in [6.07, 6.45) is -0.198. The van der Waals surface area contributed by atoms with E-state index in [9.17, 15) is 9.59 Å². The van der Waals surface area contributed by atoms with Crippen LogP contribution in [0.25, 0.3) is 0 Å². The summed E-state index contributed by atoms with van der Waals surface area (Å²) in [7, 11) is 0. The number of esters is 2. The fourth-order valence-corrected chi connectivity index (χ4v) is 6.48. The molecule has 0 saturated carbocycles. The number of carbonyl (C=O) groups is 2. The van der Waals surface area contributed by atoms with Gasteiger partial charge in [-0.1, -0.05) is 106 Å². The summed E-state index contributed by atoms with van der Waals surface area (Å²) in [4.78, 5) is 27.5. The van der Waals surface area contributed by atoms with Crippen molar-refractivity contribution in [2.75, 3.05) is 0 Å². The Hall–Kier alpha value is -4.18. The molecule has 4 atom stereocenters. The summed E-state index contributed by atoms with van der Waals surface area (Å²) in [6.45, 7) is 8.43. The average molecular weight is 533 g/mol. The average Bonchev–Trinajstić information content (AvgIpc) is 3.01. The minimum Gasteiger partial charge on any atom is -0.454 e. The van der Waals surface area contributed by atoms with Crippen molar-refractivity contribution in [3.63, 3.8) is 0 Å². The van der Waals surface area contributed by atoms with E-state index in [4.69, 9.17) is 9.47 Å². The largest absolute Gasteiger partial charge is 0.454 e. The molecule has 204 valence electrons. The van der Waals surface area contributed by atoms with Crippen LogP contribution in [0.1, 0.15) is 76.6 Å². The second-order valence-corrected chi connectivity index (χ2v) is 10.8. The van der Waals surface area contributed by atoms with Crippen LogP contribution in [-0.4, -0.2) is 24.1 Å². The maximum atomic E-state index is 13.8. The molecular formula is C36H36O4. The molecule has 0 aliphatic heterocycles. The molecule has 4 nitrogen and oxygen atoms in total. The van der Waals surface area contributed by atoms with E-state index in [0.717, 1.165) is 22.3 Å². The lowest BCUT2D eigenvalue weighted by atomic mass is 9.53. The molecule has 0 saturated heterocycles. The van der Waals surface area contributed by atoms with Gasteiger partial charge >= 0.3 is 11.9 Å². The summed E-state index contributed by atoms with van der Waals surface area (Å²) in [6, 6.07) is 34.7. The number of hydrogen-bond acceptors (Lipinski definition) is 4. The molecule has 1 aliphatic rings. The van der Waals surface area contributed by atoms with Gasteiger partial charge in [-0.3, -0.25) is 0 Å². The Morgan fingerprint density at radius 2 is 1.05 bits per heavy atom. The predicted octanol–water partition coefficient (Wildman–Crippen LogP) is 7.82. The van der Waals surface area contributed by atoms with Gasteiger partial charge in [-0.2, -0.15) is 0 Å². The fraction of sp³-hybridized carbons (Fsp3) is 0.278. The molecule has 4 heteroatoms. The third-order valence-corrected chi connectivity index (χ3v) is 8.82. The molecule has 5 rings (SSSR count). The van der Waals surface area contributed by atoms with Crippen molar-refractivity contribution < 1.29 is 19.1 Å². The minimum absolute atomic E-state index is 0.430. The van der Waals surface area contributed by atoms with Crippen molar-refractivity contribution in [3.05, 3.63) is 143 Å². The van der Waals surface area contributed by atoms with Gasteiger partial charge in [0.1, 0.15) is 6.10 Å². The van der Waals surface area contributed by atoms with Gasteiger partial charge in [0.2, 0.25) is 0 Å². The van der Waals surface area contributed by atoms with E-state index in [2.05, 4.69) is 52.0 Å². The first-order valence-corrected chi connectivity index (χ1v) is 14.0. The van der Waals surface area contributed by atoms with Crippen LogP contribution in [0.5, 0.6) is 0 Å². The van der Waals surface area contributed by atoms with Crippen LogP contribution < -0.4 is 0 Å². The molecule has 0 heterocycles. The topological polar surface area (TPSA) is 52.6 Å². The molecular weight excluding hydrogens is 496 g/mol. The highest BCUT2D eigenvalue weighted by molar-refractivity contribution is 5.90. The van der Waals surface area contributed by atoms with Gasteiger partial charge in [-0.05, 0) is 66.3 Å². The van der Waals surface area contributed by atoms with Gasteiger partial charge in [0.25, 0.3) is 0 Å². The van der Waals surface area contributed by atoms with Gasteiger partial charge in [-0.25, -0.2) is 9.59 Å². The summed E-state index contributed by atoms with van der Waals surface area (Å²) in [5.74, 6) is -0.865. The Balaban J connectivity index is 1.77. The molecule has 40 heavy (non-hydrogen) atoms. The summed E-state index contributed by atoms with van der Waals surface area (Å²) >= 11 is 0. The van der Waals surface area contributed by atoms with E-state index < -0.39 is 35.0 Å². The fourth-order valence-electron chi connectivity index (χ4n) is 6.48. The third-order valence-electron chi connectivity index (χ3n) is 8.82. The van der Waals surface area contributed by atoms with Gasteiger partial charge < -0.3 is 9.47 Å². The maximum absolute atomic E-state index is 13.8. The molecule has 4 aromatic rings. The van der Waals surface area contributed by atoms with Gasteiger partial charge in [0, 0.05) is 5.41 Å². The first-order chi connectivity index (χ1) is 19.4. The Kier molecular flexibility index (Phi) is 7.62. The van der Waals surface area contributed by atoms with Gasteiger partial charge in [-0.15, -0.1) is 0 Å². The molecule has 0 bridgehead atoms. The lowest BCUT2D eigenvalue weighted by molar-refractivity contribution is -0.0943.